The van der Waals surface area contributed by atoms with Crippen LogP contribution in [0.1, 0.15) is 15.9 Å². The highest BCUT2D eigenvalue weighted by molar-refractivity contribution is 5.89. The lowest BCUT2D eigenvalue weighted by Crippen LogP contribution is -1.99. The molecule has 2 aromatic carbocycles. The summed E-state index contributed by atoms with van der Waals surface area (Å²) < 4.78 is 9.74. The second-order valence-electron chi connectivity index (χ2n) is 4.27. The van der Waals surface area contributed by atoms with E-state index in [0.717, 1.165) is 0 Å². The van der Waals surface area contributed by atoms with Gasteiger partial charge in [0.25, 0.3) is 0 Å². The van der Waals surface area contributed by atoms with Crippen LogP contribution < -0.4 is 4.74 Å². The molecule has 5 nitrogen and oxygen atoms in total. The molecule has 0 aliphatic rings. The molecule has 0 fully saturated rings. The number of hydrogen-bond donors (Lipinski definition) is 0. The molecule has 0 atom stereocenters. The van der Waals surface area contributed by atoms with Crippen molar-refractivity contribution in [3.8, 4) is 18.1 Å². The van der Waals surface area contributed by atoms with Crippen LogP contribution in [0.5, 0.6) is 5.75 Å². The highest BCUT2D eigenvalue weighted by Crippen LogP contribution is 2.26. The van der Waals surface area contributed by atoms with Gasteiger partial charge in [-0.2, -0.15) is 5.11 Å². The van der Waals surface area contributed by atoms with E-state index >= 15 is 0 Å². The third-order valence-electron chi connectivity index (χ3n) is 2.92. The number of benzene rings is 2. The highest BCUT2D eigenvalue weighted by Gasteiger charge is 2.04. The van der Waals surface area contributed by atoms with Crippen LogP contribution in [0.15, 0.2) is 52.7 Å². The Hall–Kier alpha value is -3.13. The number of carbonyl (C=O) groups is 1. The third-order valence-corrected chi connectivity index (χ3v) is 2.92. The topological polar surface area (TPSA) is 60.2 Å². The minimum Gasteiger partial charge on any atom is -0.497 e. The van der Waals surface area contributed by atoms with E-state index in [2.05, 4.69) is 20.9 Å². The Balaban J connectivity index is 2.22. The van der Waals surface area contributed by atoms with E-state index in [0.29, 0.717) is 28.3 Å². The molecule has 0 aromatic heterocycles. The minimum atomic E-state index is -0.395. The zero-order valence-electron chi connectivity index (χ0n) is 12.2. The fourth-order valence-electron chi connectivity index (χ4n) is 1.74. The van der Waals surface area contributed by atoms with Crippen molar-refractivity contribution in [1.82, 2.24) is 0 Å². The van der Waals surface area contributed by atoms with Crippen molar-refractivity contribution in [3.63, 3.8) is 0 Å². The molecule has 0 spiro atoms. The number of methoxy groups -OCH3 is 2. The third kappa shape index (κ3) is 3.49. The lowest BCUT2D eigenvalue weighted by molar-refractivity contribution is 0.0601. The molecule has 0 saturated heterocycles. The Morgan fingerprint density at radius 1 is 1.09 bits per heavy atom. The van der Waals surface area contributed by atoms with Gasteiger partial charge in [-0.3, -0.25) is 0 Å². The Labute approximate surface area is 128 Å². The summed E-state index contributed by atoms with van der Waals surface area (Å²) in [5, 5.41) is 8.23. The van der Waals surface area contributed by atoms with Crippen LogP contribution in [0.2, 0.25) is 0 Å². The van der Waals surface area contributed by atoms with E-state index in [1.807, 2.05) is 0 Å². The molecule has 0 N–H and O–H groups in total. The number of ether oxygens (including phenoxy) is 2. The molecule has 0 radical (unpaired) electrons. The van der Waals surface area contributed by atoms with Crippen molar-refractivity contribution in [2.24, 2.45) is 10.2 Å². The quantitative estimate of drug-likeness (QED) is 0.488. The fraction of sp³-hybridized carbons (Fsp3) is 0.118. The van der Waals surface area contributed by atoms with Crippen LogP contribution in [-0.4, -0.2) is 20.2 Å². The molecule has 0 amide bonds. The lowest BCUT2D eigenvalue weighted by Gasteiger charge is -2.02. The van der Waals surface area contributed by atoms with Gasteiger partial charge in [0.15, 0.2) is 0 Å². The summed E-state index contributed by atoms with van der Waals surface area (Å²) in [7, 11) is 2.90. The van der Waals surface area contributed by atoms with Gasteiger partial charge in [-0.1, -0.05) is 5.92 Å². The number of esters is 1. The molecule has 0 bridgehead atoms. The summed E-state index contributed by atoms with van der Waals surface area (Å²) >= 11 is 0. The van der Waals surface area contributed by atoms with Gasteiger partial charge in [-0.05, 0) is 42.5 Å². The van der Waals surface area contributed by atoms with E-state index in [1.165, 1.54) is 7.11 Å². The second-order valence-corrected chi connectivity index (χ2v) is 4.27. The van der Waals surface area contributed by atoms with Crippen molar-refractivity contribution in [3.05, 3.63) is 53.6 Å². The normalized spacial score (nSPS) is 10.2. The molecule has 0 unspecified atom stereocenters. The van der Waals surface area contributed by atoms with Crippen LogP contribution in [0, 0.1) is 12.3 Å². The molecule has 5 heteroatoms. The molecular formula is C17H14N2O3. The molecule has 0 heterocycles. The first-order valence-corrected chi connectivity index (χ1v) is 6.42. The first-order valence-electron chi connectivity index (χ1n) is 6.42. The Morgan fingerprint density at radius 3 is 2.41 bits per heavy atom. The maximum atomic E-state index is 11.3. The molecule has 0 saturated carbocycles. The maximum Gasteiger partial charge on any atom is 0.337 e. The number of nitrogens with zero attached hydrogens (tertiary/aromatic N) is 2. The summed E-state index contributed by atoms with van der Waals surface area (Å²) in [5.74, 6) is 2.81. The molecule has 22 heavy (non-hydrogen) atoms. The maximum absolute atomic E-state index is 11.3. The van der Waals surface area contributed by atoms with Gasteiger partial charge in [-0.15, -0.1) is 11.5 Å². The smallest absolute Gasteiger partial charge is 0.337 e. The van der Waals surface area contributed by atoms with Crippen LogP contribution in [0.25, 0.3) is 0 Å². The highest BCUT2D eigenvalue weighted by atomic mass is 16.5. The van der Waals surface area contributed by atoms with E-state index in [9.17, 15) is 4.79 Å². The standard InChI is InChI=1S/C17H14N2O3/c1-4-12-11-15(21-2)9-10-16(12)19-18-14-7-5-13(6-8-14)17(20)22-3/h1,5-11H,2-3H3. The van der Waals surface area contributed by atoms with Gasteiger partial charge in [-0.25, -0.2) is 4.79 Å². The summed E-state index contributed by atoms with van der Waals surface area (Å²) in [6.07, 6.45) is 5.45. The van der Waals surface area contributed by atoms with Gasteiger partial charge >= 0.3 is 5.97 Å². The number of rotatable bonds is 4. The van der Waals surface area contributed by atoms with Crippen LogP contribution in [0.4, 0.5) is 11.4 Å². The first kappa shape index (κ1) is 15.3. The average molecular weight is 294 g/mol. The predicted octanol–water partition coefficient (Wildman–Crippen LogP) is 3.88. The Morgan fingerprint density at radius 2 is 1.82 bits per heavy atom. The average Bonchev–Trinajstić information content (AvgIpc) is 2.59. The SMILES string of the molecule is C#Cc1cc(OC)ccc1N=Nc1ccc(C(=O)OC)cc1. The molecule has 110 valence electrons. The monoisotopic (exact) mass is 294 g/mol. The van der Waals surface area contributed by atoms with E-state index in [4.69, 9.17) is 11.2 Å². The Bertz CT molecular complexity index is 743. The summed E-state index contributed by atoms with van der Waals surface area (Å²) in [6, 6.07) is 11.8. The van der Waals surface area contributed by atoms with E-state index in [1.54, 1.807) is 49.6 Å². The number of terminal acetylenes is 1. The van der Waals surface area contributed by atoms with E-state index in [-0.39, 0.29) is 0 Å². The second kappa shape index (κ2) is 7.04. The van der Waals surface area contributed by atoms with Gasteiger partial charge in [0, 0.05) is 0 Å². The number of azo groups is 1. The molecular weight excluding hydrogens is 280 g/mol. The minimum absolute atomic E-state index is 0.395. The summed E-state index contributed by atoms with van der Waals surface area (Å²) in [5.41, 5.74) is 2.22. The van der Waals surface area contributed by atoms with Crippen molar-refractivity contribution < 1.29 is 14.3 Å². The Kier molecular flexibility index (Phi) is 4.89. The summed E-state index contributed by atoms with van der Waals surface area (Å²) in [6.45, 7) is 0. The molecule has 2 aromatic rings. The lowest BCUT2D eigenvalue weighted by atomic mass is 10.2. The fourth-order valence-corrected chi connectivity index (χ4v) is 1.74. The number of carbonyl (C=O) groups excluding carboxylic acids is 1. The van der Waals surface area contributed by atoms with E-state index < -0.39 is 5.97 Å². The van der Waals surface area contributed by atoms with Crippen LogP contribution in [0.3, 0.4) is 0 Å². The largest absolute Gasteiger partial charge is 0.497 e. The van der Waals surface area contributed by atoms with Crippen molar-refractivity contribution in [2.45, 2.75) is 0 Å². The van der Waals surface area contributed by atoms with Crippen LogP contribution in [-0.2, 0) is 4.74 Å². The van der Waals surface area contributed by atoms with Gasteiger partial charge < -0.3 is 9.47 Å². The van der Waals surface area contributed by atoms with Gasteiger partial charge in [0.05, 0.1) is 31.0 Å². The van der Waals surface area contributed by atoms with Crippen molar-refractivity contribution >= 4 is 17.3 Å². The van der Waals surface area contributed by atoms with Crippen LogP contribution >= 0.6 is 0 Å². The predicted molar refractivity (Wildman–Crippen MR) is 82.9 cm³/mol. The molecule has 2 rings (SSSR count). The summed E-state index contributed by atoms with van der Waals surface area (Å²) in [4.78, 5) is 11.3. The zero-order valence-corrected chi connectivity index (χ0v) is 12.2. The number of hydrogen-bond acceptors (Lipinski definition) is 5. The van der Waals surface area contributed by atoms with Crippen molar-refractivity contribution in [1.29, 1.82) is 0 Å². The van der Waals surface area contributed by atoms with Gasteiger partial charge in [0.1, 0.15) is 11.4 Å². The van der Waals surface area contributed by atoms with Gasteiger partial charge in [0.2, 0.25) is 0 Å². The zero-order chi connectivity index (χ0) is 15.9. The molecule has 0 aliphatic heterocycles. The molecule has 0 aliphatic carbocycles. The first-order chi connectivity index (χ1) is 10.7. The van der Waals surface area contributed by atoms with Crippen molar-refractivity contribution in [2.75, 3.05) is 14.2 Å².